The molecule has 3 aromatic rings. The molecule has 234 valence electrons. The summed E-state index contributed by atoms with van der Waals surface area (Å²) in [6.45, 7) is 9.86. The van der Waals surface area contributed by atoms with Crippen LogP contribution in [0.15, 0.2) is 36.7 Å². The van der Waals surface area contributed by atoms with Crippen molar-refractivity contribution < 1.29 is 42.1 Å². The zero-order valence-electron chi connectivity index (χ0n) is 24.8. The minimum Gasteiger partial charge on any atom is -0.476 e. The average Bonchev–Trinajstić information content (AvgIpc) is 3.48. The molecule has 3 N–H and O–H groups in total. The molecule has 0 bridgehead atoms. The predicted molar refractivity (Wildman–Crippen MR) is 154 cm³/mol. The Labute approximate surface area is 248 Å². The lowest BCUT2D eigenvalue weighted by Gasteiger charge is -2.25. The van der Waals surface area contributed by atoms with Gasteiger partial charge in [-0.05, 0) is 39.8 Å². The molecule has 6 atom stereocenters. The SMILES string of the molecule is CCOc1nc(N)nc2c1ncn2[C@@H]1O[C@H](CO[P@@](=O)(N[C@@H](C)C(=O)OC(C)C)Oc2ccccc2)[C@@H](C)[C@H]1OC(C)=O. The van der Waals surface area contributed by atoms with Gasteiger partial charge in [0.15, 0.2) is 23.5 Å². The third-order valence-electron chi connectivity index (χ3n) is 6.40. The van der Waals surface area contributed by atoms with Crippen molar-refractivity contribution >= 4 is 36.8 Å². The number of nitrogens with zero attached hydrogens (tertiary/aromatic N) is 4. The van der Waals surface area contributed by atoms with Crippen LogP contribution in [0, 0.1) is 5.92 Å². The highest BCUT2D eigenvalue weighted by Gasteiger charge is 2.47. The number of esters is 2. The van der Waals surface area contributed by atoms with Crippen molar-refractivity contribution in [3.05, 3.63) is 36.7 Å². The van der Waals surface area contributed by atoms with E-state index in [1.54, 1.807) is 62.6 Å². The molecule has 43 heavy (non-hydrogen) atoms. The molecular formula is C27H37N6O9P. The first-order valence-corrected chi connectivity index (χ1v) is 15.4. The van der Waals surface area contributed by atoms with Crippen LogP contribution in [0.5, 0.6) is 11.6 Å². The molecule has 1 saturated heterocycles. The topological polar surface area (TPSA) is 188 Å². The number of anilines is 1. The fourth-order valence-corrected chi connectivity index (χ4v) is 5.96. The fraction of sp³-hybridized carbons (Fsp3) is 0.519. The predicted octanol–water partition coefficient (Wildman–Crippen LogP) is 3.41. The summed E-state index contributed by atoms with van der Waals surface area (Å²) in [6, 6.07) is 7.36. The molecule has 16 heteroatoms. The second kappa shape index (κ2) is 13.7. The van der Waals surface area contributed by atoms with E-state index < -0.39 is 50.1 Å². The van der Waals surface area contributed by atoms with E-state index in [0.29, 0.717) is 17.8 Å². The number of fused-ring (bicyclic) bond motifs is 1. The molecule has 0 saturated carbocycles. The highest BCUT2D eigenvalue weighted by Crippen LogP contribution is 2.47. The summed E-state index contributed by atoms with van der Waals surface area (Å²) in [6.07, 6.45) is -1.36. The highest BCUT2D eigenvalue weighted by molar-refractivity contribution is 7.52. The number of hydrogen-bond donors (Lipinski definition) is 2. The maximum absolute atomic E-state index is 14.0. The number of benzene rings is 1. The summed E-state index contributed by atoms with van der Waals surface area (Å²) < 4.78 is 49.9. The minimum atomic E-state index is -4.17. The van der Waals surface area contributed by atoms with Gasteiger partial charge in [-0.1, -0.05) is 25.1 Å². The summed E-state index contributed by atoms with van der Waals surface area (Å²) >= 11 is 0. The number of hydrogen-bond acceptors (Lipinski definition) is 13. The van der Waals surface area contributed by atoms with E-state index in [-0.39, 0.29) is 30.3 Å². The summed E-state index contributed by atoms with van der Waals surface area (Å²) in [5.74, 6) is -1.19. The number of nitrogens with one attached hydrogen (secondary N) is 1. The molecule has 0 amide bonds. The molecule has 15 nitrogen and oxygen atoms in total. The number of para-hydroxylation sites is 1. The first-order chi connectivity index (χ1) is 20.4. The van der Waals surface area contributed by atoms with Crippen LogP contribution < -0.4 is 20.1 Å². The van der Waals surface area contributed by atoms with Crippen molar-refractivity contribution in [1.29, 1.82) is 0 Å². The minimum absolute atomic E-state index is 0.0390. The number of imidazole rings is 1. The number of aromatic nitrogens is 4. The quantitative estimate of drug-likeness (QED) is 0.209. The molecule has 0 aliphatic carbocycles. The maximum Gasteiger partial charge on any atom is 0.459 e. The van der Waals surface area contributed by atoms with Gasteiger partial charge in [-0.25, -0.2) is 9.55 Å². The molecule has 4 rings (SSSR count). The van der Waals surface area contributed by atoms with E-state index in [1.165, 1.54) is 20.2 Å². The van der Waals surface area contributed by atoms with Gasteiger partial charge in [0.05, 0.1) is 31.7 Å². The zero-order chi connectivity index (χ0) is 31.3. The molecule has 0 radical (unpaired) electrons. The molecule has 0 spiro atoms. The zero-order valence-corrected chi connectivity index (χ0v) is 25.7. The maximum atomic E-state index is 14.0. The van der Waals surface area contributed by atoms with Gasteiger partial charge in [-0.15, -0.1) is 0 Å². The number of rotatable bonds is 13. The van der Waals surface area contributed by atoms with Crippen LogP contribution in [0.2, 0.25) is 0 Å². The van der Waals surface area contributed by atoms with Crippen LogP contribution >= 0.6 is 7.75 Å². The first-order valence-electron chi connectivity index (χ1n) is 13.8. The smallest absolute Gasteiger partial charge is 0.459 e. The van der Waals surface area contributed by atoms with E-state index in [1.807, 2.05) is 0 Å². The van der Waals surface area contributed by atoms with Gasteiger partial charge >= 0.3 is 19.7 Å². The van der Waals surface area contributed by atoms with E-state index in [2.05, 4.69) is 20.0 Å². The lowest BCUT2D eigenvalue weighted by atomic mass is 10.0. The van der Waals surface area contributed by atoms with E-state index in [9.17, 15) is 14.2 Å². The van der Waals surface area contributed by atoms with Crippen LogP contribution in [0.3, 0.4) is 0 Å². The monoisotopic (exact) mass is 620 g/mol. The van der Waals surface area contributed by atoms with Gasteiger partial charge in [0.2, 0.25) is 11.8 Å². The lowest BCUT2D eigenvalue weighted by molar-refractivity contribution is -0.153. The average molecular weight is 621 g/mol. The van der Waals surface area contributed by atoms with Crippen LogP contribution in [0.25, 0.3) is 11.2 Å². The van der Waals surface area contributed by atoms with E-state index in [0.717, 1.165) is 0 Å². The van der Waals surface area contributed by atoms with Crippen LogP contribution in [0.4, 0.5) is 5.95 Å². The standard InChI is InChI=1S/C27H37N6O9P/c1-7-37-24-21-23(30-27(28)31-24)33(14-29-21)25-22(40-18(6)34)16(4)20(41-25)13-38-43(36,42-19-11-9-8-10-12-19)32-17(5)26(35)39-15(2)3/h8-12,14-17,20,22,25H,7,13H2,1-6H3,(H,32,36)(H2,28,30,31)/t16-,17+,20-,22-,25-,43+/m1/s1. The second-order valence-corrected chi connectivity index (χ2v) is 11.9. The Morgan fingerprint density at radius 1 is 1.19 bits per heavy atom. The van der Waals surface area contributed by atoms with Crippen molar-refractivity contribution in [2.45, 2.75) is 72.1 Å². The van der Waals surface area contributed by atoms with Crippen molar-refractivity contribution in [2.24, 2.45) is 5.92 Å². The molecule has 1 aliphatic heterocycles. The number of nitrogens with two attached hydrogens (primary N) is 1. The Hall–Kier alpha value is -3.78. The molecule has 3 heterocycles. The fourth-order valence-electron chi connectivity index (χ4n) is 4.46. The van der Waals surface area contributed by atoms with Gasteiger partial charge in [-0.2, -0.15) is 15.1 Å². The van der Waals surface area contributed by atoms with Gasteiger partial charge in [-0.3, -0.25) is 18.7 Å². The Morgan fingerprint density at radius 2 is 1.91 bits per heavy atom. The van der Waals surface area contributed by atoms with E-state index in [4.69, 9.17) is 33.7 Å². The first kappa shape index (κ1) is 32.1. The van der Waals surface area contributed by atoms with Crippen molar-refractivity contribution in [1.82, 2.24) is 24.6 Å². The summed E-state index contributed by atoms with van der Waals surface area (Å²) in [5.41, 5.74) is 6.58. The Kier molecular flexibility index (Phi) is 10.2. The number of carbonyl (C=O) groups is 2. The van der Waals surface area contributed by atoms with Gasteiger partial charge in [0, 0.05) is 12.8 Å². The Morgan fingerprint density at radius 3 is 2.56 bits per heavy atom. The number of ether oxygens (including phenoxy) is 4. The Bertz CT molecular complexity index is 1470. The van der Waals surface area contributed by atoms with Gasteiger partial charge in [0.1, 0.15) is 11.8 Å². The second-order valence-electron chi connectivity index (χ2n) is 10.2. The number of carbonyl (C=O) groups excluding carboxylic acids is 2. The van der Waals surface area contributed by atoms with Gasteiger partial charge in [0.25, 0.3) is 0 Å². The van der Waals surface area contributed by atoms with E-state index >= 15 is 0 Å². The van der Waals surface area contributed by atoms with Crippen molar-refractivity contribution in [3.63, 3.8) is 0 Å². The number of nitrogen functional groups attached to an aromatic ring is 1. The largest absolute Gasteiger partial charge is 0.476 e. The van der Waals surface area contributed by atoms with Gasteiger partial charge < -0.3 is 29.2 Å². The molecule has 0 unspecified atom stereocenters. The van der Waals surface area contributed by atoms with Crippen LogP contribution in [0.1, 0.15) is 47.8 Å². The third-order valence-corrected chi connectivity index (χ3v) is 8.04. The third kappa shape index (κ3) is 7.79. The molecular weight excluding hydrogens is 583 g/mol. The van der Waals surface area contributed by atoms with Crippen LogP contribution in [-0.4, -0.2) is 69.0 Å². The molecule has 2 aromatic heterocycles. The molecule has 1 fully saturated rings. The molecule has 1 aromatic carbocycles. The summed E-state index contributed by atoms with van der Waals surface area (Å²) in [7, 11) is -4.17. The lowest BCUT2D eigenvalue weighted by Crippen LogP contribution is -2.37. The molecule has 1 aliphatic rings. The van der Waals surface area contributed by atoms with Crippen LogP contribution in [-0.2, 0) is 32.9 Å². The van der Waals surface area contributed by atoms with Crippen molar-refractivity contribution in [2.75, 3.05) is 18.9 Å². The van der Waals surface area contributed by atoms with Crippen molar-refractivity contribution in [3.8, 4) is 11.6 Å². The normalized spacial score (nSPS) is 22.2. The summed E-state index contributed by atoms with van der Waals surface area (Å²) in [4.78, 5) is 37.4. The summed E-state index contributed by atoms with van der Waals surface area (Å²) in [5, 5.41) is 2.65. The highest BCUT2D eigenvalue weighted by atomic mass is 31.2. The Balaban J connectivity index is 1.60.